The van der Waals surface area contributed by atoms with E-state index in [0.717, 1.165) is 12.6 Å². The Kier molecular flexibility index (Phi) is 3.87. The van der Waals surface area contributed by atoms with E-state index in [-0.39, 0.29) is 5.41 Å². The summed E-state index contributed by atoms with van der Waals surface area (Å²) in [6.45, 7) is 10.4. The van der Waals surface area contributed by atoms with Crippen LogP contribution in [0.2, 0.25) is 0 Å². The maximum atomic E-state index is 3.79. The van der Waals surface area contributed by atoms with E-state index < -0.39 is 0 Å². The Morgan fingerprint density at radius 2 is 1.85 bits per heavy atom. The lowest BCUT2D eigenvalue weighted by Crippen LogP contribution is -2.38. The fourth-order valence-electron chi connectivity index (χ4n) is 3.69. The summed E-state index contributed by atoms with van der Waals surface area (Å²) in [5.74, 6) is 0. The zero-order chi connectivity index (χ0) is 14.2. The largest absolute Gasteiger partial charge is 0.308 e. The highest BCUT2D eigenvalue weighted by Crippen LogP contribution is 2.28. The maximum absolute atomic E-state index is 3.79. The average Bonchev–Trinajstić information content (AvgIpc) is 2.99. The van der Waals surface area contributed by atoms with Gasteiger partial charge in [-0.25, -0.2) is 0 Å². The summed E-state index contributed by atoms with van der Waals surface area (Å²) in [4.78, 5) is 2.67. The lowest BCUT2D eigenvalue weighted by atomic mass is 9.87. The number of nitrogens with zero attached hydrogens (tertiary/aromatic N) is 1. The topological polar surface area (TPSA) is 15.3 Å². The van der Waals surface area contributed by atoms with Gasteiger partial charge in [0.2, 0.25) is 0 Å². The van der Waals surface area contributed by atoms with Gasteiger partial charge in [-0.05, 0) is 42.3 Å². The second kappa shape index (κ2) is 5.50. The number of benzene rings is 1. The highest BCUT2D eigenvalue weighted by molar-refractivity contribution is 5.27. The van der Waals surface area contributed by atoms with Gasteiger partial charge in [-0.2, -0.15) is 0 Å². The first-order chi connectivity index (χ1) is 9.54. The molecule has 2 nitrogen and oxygen atoms in total. The van der Waals surface area contributed by atoms with Gasteiger partial charge in [0.1, 0.15) is 0 Å². The molecule has 2 aliphatic rings. The molecule has 0 saturated carbocycles. The standard InChI is InChI=1S/C18H28N2/c1-18(2,3)15-8-6-14(7-9-15)13-19-16-10-12-20-11-4-5-17(16)20/h6-9,16-17,19H,4-5,10-13H2,1-3H3. The molecule has 0 amide bonds. The van der Waals surface area contributed by atoms with Crippen molar-refractivity contribution in [3.05, 3.63) is 35.4 Å². The summed E-state index contributed by atoms with van der Waals surface area (Å²) < 4.78 is 0. The third-order valence-corrected chi connectivity index (χ3v) is 4.99. The van der Waals surface area contributed by atoms with Gasteiger partial charge in [-0.3, -0.25) is 4.90 Å². The second-order valence-corrected chi connectivity index (χ2v) is 7.47. The van der Waals surface area contributed by atoms with Crippen LogP contribution >= 0.6 is 0 Å². The third kappa shape index (κ3) is 2.91. The van der Waals surface area contributed by atoms with E-state index in [1.807, 2.05) is 0 Å². The van der Waals surface area contributed by atoms with Crippen LogP contribution in [-0.4, -0.2) is 30.1 Å². The van der Waals surface area contributed by atoms with E-state index in [4.69, 9.17) is 0 Å². The molecule has 0 aliphatic carbocycles. The van der Waals surface area contributed by atoms with Crippen LogP contribution in [0.4, 0.5) is 0 Å². The average molecular weight is 272 g/mol. The number of nitrogens with one attached hydrogen (secondary N) is 1. The van der Waals surface area contributed by atoms with Crippen LogP contribution in [-0.2, 0) is 12.0 Å². The lowest BCUT2D eigenvalue weighted by Gasteiger charge is -2.22. The minimum absolute atomic E-state index is 0.252. The van der Waals surface area contributed by atoms with E-state index in [1.54, 1.807) is 0 Å². The van der Waals surface area contributed by atoms with Gasteiger partial charge in [-0.15, -0.1) is 0 Å². The molecule has 2 fully saturated rings. The molecule has 2 atom stereocenters. The molecule has 0 spiro atoms. The first-order valence-electron chi connectivity index (χ1n) is 8.11. The van der Waals surface area contributed by atoms with Crippen LogP contribution in [0.25, 0.3) is 0 Å². The Bertz CT molecular complexity index is 443. The van der Waals surface area contributed by atoms with Gasteiger partial charge in [0.25, 0.3) is 0 Å². The van der Waals surface area contributed by atoms with Crippen molar-refractivity contribution in [3.8, 4) is 0 Å². The molecular formula is C18H28N2. The van der Waals surface area contributed by atoms with Crippen LogP contribution in [0.3, 0.4) is 0 Å². The molecular weight excluding hydrogens is 244 g/mol. The molecule has 1 N–H and O–H groups in total. The normalized spacial score (nSPS) is 26.9. The molecule has 0 bridgehead atoms. The first-order valence-corrected chi connectivity index (χ1v) is 8.11. The summed E-state index contributed by atoms with van der Waals surface area (Å²) in [7, 11) is 0. The number of fused-ring (bicyclic) bond motifs is 1. The van der Waals surface area contributed by atoms with Crippen LogP contribution in [0.1, 0.15) is 51.2 Å². The molecule has 1 aromatic carbocycles. The summed E-state index contributed by atoms with van der Waals surface area (Å²) in [5.41, 5.74) is 3.08. The van der Waals surface area contributed by atoms with Gasteiger partial charge in [-0.1, -0.05) is 45.0 Å². The van der Waals surface area contributed by atoms with Gasteiger partial charge in [0.05, 0.1) is 0 Å². The van der Waals surface area contributed by atoms with Crippen molar-refractivity contribution >= 4 is 0 Å². The molecule has 2 heterocycles. The molecule has 2 heteroatoms. The molecule has 110 valence electrons. The Morgan fingerprint density at radius 3 is 2.55 bits per heavy atom. The third-order valence-electron chi connectivity index (χ3n) is 4.99. The SMILES string of the molecule is CC(C)(C)c1ccc(CNC2CCN3CCCC23)cc1. The molecule has 3 rings (SSSR count). The van der Waals surface area contributed by atoms with Crippen molar-refractivity contribution in [1.29, 1.82) is 0 Å². The minimum atomic E-state index is 0.252. The zero-order valence-electron chi connectivity index (χ0n) is 13.2. The first kappa shape index (κ1) is 14.1. The van der Waals surface area contributed by atoms with Crippen molar-refractivity contribution in [1.82, 2.24) is 10.2 Å². The number of hydrogen-bond donors (Lipinski definition) is 1. The maximum Gasteiger partial charge on any atom is 0.0250 e. The predicted molar refractivity (Wildman–Crippen MR) is 85.0 cm³/mol. The molecule has 0 radical (unpaired) electrons. The fraction of sp³-hybridized carbons (Fsp3) is 0.667. The highest BCUT2D eigenvalue weighted by atomic mass is 15.2. The van der Waals surface area contributed by atoms with Crippen molar-refractivity contribution in [2.75, 3.05) is 13.1 Å². The second-order valence-electron chi connectivity index (χ2n) is 7.47. The van der Waals surface area contributed by atoms with E-state index in [1.165, 1.54) is 43.5 Å². The van der Waals surface area contributed by atoms with E-state index in [2.05, 4.69) is 55.3 Å². The van der Waals surface area contributed by atoms with Gasteiger partial charge >= 0.3 is 0 Å². The summed E-state index contributed by atoms with van der Waals surface area (Å²) >= 11 is 0. The summed E-state index contributed by atoms with van der Waals surface area (Å²) in [5, 5.41) is 3.79. The molecule has 0 aromatic heterocycles. The molecule has 2 aliphatic heterocycles. The van der Waals surface area contributed by atoms with Crippen LogP contribution in [0.15, 0.2) is 24.3 Å². The van der Waals surface area contributed by atoms with Crippen molar-refractivity contribution in [3.63, 3.8) is 0 Å². The van der Waals surface area contributed by atoms with Crippen molar-refractivity contribution < 1.29 is 0 Å². The van der Waals surface area contributed by atoms with Crippen molar-refractivity contribution in [2.45, 2.75) is 64.1 Å². The molecule has 1 aromatic rings. The van der Waals surface area contributed by atoms with E-state index in [9.17, 15) is 0 Å². The van der Waals surface area contributed by atoms with Crippen molar-refractivity contribution in [2.24, 2.45) is 0 Å². The van der Waals surface area contributed by atoms with Crippen LogP contribution in [0, 0.1) is 0 Å². The van der Waals surface area contributed by atoms with Gasteiger partial charge < -0.3 is 5.32 Å². The highest BCUT2D eigenvalue weighted by Gasteiger charge is 2.36. The number of hydrogen-bond acceptors (Lipinski definition) is 2. The summed E-state index contributed by atoms with van der Waals surface area (Å²) in [6, 6.07) is 10.7. The Hall–Kier alpha value is -0.860. The molecule has 2 saturated heterocycles. The predicted octanol–water partition coefficient (Wildman–Crippen LogP) is 3.31. The minimum Gasteiger partial charge on any atom is -0.308 e. The fourth-order valence-corrected chi connectivity index (χ4v) is 3.69. The smallest absolute Gasteiger partial charge is 0.0250 e. The van der Waals surface area contributed by atoms with E-state index >= 15 is 0 Å². The lowest BCUT2D eigenvalue weighted by molar-refractivity contribution is 0.298. The Balaban J connectivity index is 1.56. The monoisotopic (exact) mass is 272 g/mol. The van der Waals surface area contributed by atoms with Gasteiger partial charge in [0, 0.05) is 25.2 Å². The van der Waals surface area contributed by atoms with Crippen LogP contribution in [0.5, 0.6) is 0 Å². The molecule has 2 unspecified atom stereocenters. The number of rotatable bonds is 3. The Morgan fingerprint density at radius 1 is 1.10 bits per heavy atom. The van der Waals surface area contributed by atoms with E-state index in [0.29, 0.717) is 6.04 Å². The molecule has 20 heavy (non-hydrogen) atoms. The Labute approximate surface area is 123 Å². The summed E-state index contributed by atoms with van der Waals surface area (Å²) in [6.07, 6.45) is 4.11. The van der Waals surface area contributed by atoms with Crippen LogP contribution < -0.4 is 5.32 Å². The zero-order valence-corrected chi connectivity index (χ0v) is 13.2. The van der Waals surface area contributed by atoms with Gasteiger partial charge in [0.15, 0.2) is 0 Å². The quantitative estimate of drug-likeness (QED) is 0.908.